The zero-order valence-electron chi connectivity index (χ0n) is 15.5. The van der Waals surface area contributed by atoms with Gasteiger partial charge in [-0.05, 0) is 24.5 Å². The number of rotatable bonds is 8. The molecule has 6 nitrogen and oxygen atoms in total. The Morgan fingerprint density at radius 1 is 1.04 bits per heavy atom. The van der Waals surface area contributed by atoms with E-state index in [1.165, 1.54) is 6.92 Å². The fourth-order valence-corrected chi connectivity index (χ4v) is 2.71. The van der Waals surface area contributed by atoms with Crippen molar-refractivity contribution in [1.82, 2.24) is 5.32 Å². The summed E-state index contributed by atoms with van der Waals surface area (Å²) in [5.74, 6) is -0.867. The lowest BCUT2D eigenvalue weighted by Crippen LogP contribution is -2.35. The number of ether oxygens (including phenoxy) is 1. The van der Waals surface area contributed by atoms with Gasteiger partial charge in [0.1, 0.15) is 0 Å². The van der Waals surface area contributed by atoms with Gasteiger partial charge in [0.25, 0.3) is 0 Å². The van der Waals surface area contributed by atoms with Crippen molar-refractivity contribution in [3.8, 4) is 0 Å². The Bertz CT molecular complexity index is 788. The van der Waals surface area contributed by atoms with Crippen molar-refractivity contribution in [3.63, 3.8) is 0 Å². The molecule has 142 valence electrons. The van der Waals surface area contributed by atoms with Gasteiger partial charge in [-0.25, -0.2) is 4.79 Å². The van der Waals surface area contributed by atoms with Crippen molar-refractivity contribution in [2.45, 2.75) is 38.8 Å². The number of nitrogens with two attached hydrogens (primary N) is 1. The van der Waals surface area contributed by atoms with E-state index >= 15 is 0 Å². The van der Waals surface area contributed by atoms with Gasteiger partial charge in [-0.2, -0.15) is 0 Å². The Labute approximate surface area is 158 Å². The molecule has 0 spiro atoms. The van der Waals surface area contributed by atoms with Gasteiger partial charge in [-0.1, -0.05) is 61.5 Å². The van der Waals surface area contributed by atoms with Crippen LogP contribution in [0.1, 0.15) is 47.8 Å². The molecule has 27 heavy (non-hydrogen) atoms. The Balaban J connectivity index is 2.00. The highest BCUT2D eigenvalue weighted by atomic mass is 16.5. The lowest BCUT2D eigenvalue weighted by atomic mass is 10.0. The summed E-state index contributed by atoms with van der Waals surface area (Å²) in [6, 6.07) is 14.8. The van der Waals surface area contributed by atoms with Gasteiger partial charge in [0.15, 0.2) is 6.10 Å². The number of primary amides is 1. The maximum Gasteiger partial charge on any atom is 0.312 e. The average Bonchev–Trinajstić information content (AvgIpc) is 2.67. The molecule has 2 rings (SSSR count). The van der Waals surface area contributed by atoms with Gasteiger partial charge in [0.05, 0.1) is 12.5 Å². The van der Waals surface area contributed by atoms with E-state index in [0.717, 1.165) is 17.5 Å². The molecule has 2 aromatic carbocycles. The summed E-state index contributed by atoms with van der Waals surface area (Å²) < 4.78 is 5.28. The summed E-state index contributed by atoms with van der Waals surface area (Å²) in [5, 5.41) is 2.53. The van der Waals surface area contributed by atoms with Crippen LogP contribution in [0.5, 0.6) is 0 Å². The SMILES string of the molecule is CCc1ccc(C(=O)[C@H](C)OC(=O)C[C@H](NC(N)=O)c2ccccc2)cc1. The predicted molar refractivity (Wildman–Crippen MR) is 102 cm³/mol. The Morgan fingerprint density at radius 2 is 1.67 bits per heavy atom. The van der Waals surface area contributed by atoms with Crippen molar-refractivity contribution < 1.29 is 19.1 Å². The summed E-state index contributed by atoms with van der Waals surface area (Å²) in [6.07, 6.45) is -0.165. The van der Waals surface area contributed by atoms with Crippen molar-refractivity contribution in [1.29, 1.82) is 0 Å². The Morgan fingerprint density at radius 3 is 2.22 bits per heavy atom. The second-order valence-electron chi connectivity index (χ2n) is 6.22. The molecule has 0 heterocycles. The molecule has 0 saturated carbocycles. The summed E-state index contributed by atoms with van der Waals surface area (Å²) in [4.78, 5) is 36.0. The first-order valence-corrected chi connectivity index (χ1v) is 8.84. The lowest BCUT2D eigenvalue weighted by molar-refractivity contribution is -0.146. The first-order valence-electron chi connectivity index (χ1n) is 8.84. The smallest absolute Gasteiger partial charge is 0.312 e. The molecular weight excluding hydrogens is 344 g/mol. The van der Waals surface area contributed by atoms with Crippen LogP contribution in [-0.2, 0) is 16.0 Å². The minimum Gasteiger partial charge on any atom is -0.454 e. The molecule has 0 aliphatic heterocycles. The number of esters is 1. The second-order valence-corrected chi connectivity index (χ2v) is 6.22. The van der Waals surface area contributed by atoms with Crippen LogP contribution in [0, 0.1) is 0 Å². The van der Waals surface area contributed by atoms with Crippen LogP contribution in [0.3, 0.4) is 0 Å². The number of hydrogen-bond donors (Lipinski definition) is 2. The number of nitrogens with one attached hydrogen (secondary N) is 1. The van der Waals surface area contributed by atoms with E-state index in [4.69, 9.17) is 10.5 Å². The minimum atomic E-state index is -0.921. The van der Waals surface area contributed by atoms with Gasteiger partial charge in [-0.15, -0.1) is 0 Å². The van der Waals surface area contributed by atoms with E-state index in [1.807, 2.05) is 25.1 Å². The van der Waals surface area contributed by atoms with Crippen LogP contribution in [-0.4, -0.2) is 23.9 Å². The minimum absolute atomic E-state index is 0.126. The molecule has 0 aromatic heterocycles. The van der Waals surface area contributed by atoms with Crippen molar-refractivity contribution in [2.75, 3.05) is 0 Å². The molecule has 0 saturated heterocycles. The summed E-state index contributed by atoms with van der Waals surface area (Å²) in [6.45, 7) is 3.57. The topological polar surface area (TPSA) is 98.5 Å². The number of Topliss-reactive ketones (excluding diaryl/α,β-unsaturated/α-hetero) is 1. The van der Waals surface area contributed by atoms with Crippen LogP contribution in [0.4, 0.5) is 4.79 Å². The number of carbonyl (C=O) groups is 3. The lowest BCUT2D eigenvalue weighted by Gasteiger charge is -2.19. The zero-order valence-corrected chi connectivity index (χ0v) is 15.5. The van der Waals surface area contributed by atoms with E-state index in [1.54, 1.807) is 36.4 Å². The standard InChI is InChI=1S/C21H24N2O4/c1-3-15-9-11-17(12-10-15)20(25)14(2)27-19(24)13-18(23-21(22)26)16-7-5-4-6-8-16/h4-12,14,18H,3,13H2,1-2H3,(H3,22,23,26)/t14-,18-/m0/s1. The zero-order chi connectivity index (χ0) is 19.8. The summed E-state index contributed by atoms with van der Waals surface area (Å²) in [5.41, 5.74) is 7.54. The third-order valence-electron chi connectivity index (χ3n) is 4.21. The monoisotopic (exact) mass is 368 g/mol. The van der Waals surface area contributed by atoms with Gasteiger partial charge < -0.3 is 15.8 Å². The largest absolute Gasteiger partial charge is 0.454 e. The number of urea groups is 1. The van der Waals surface area contributed by atoms with Gasteiger partial charge >= 0.3 is 12.0 Å². The Hall–Kier alpha value is -3.15. The molecule has 2 aromatic rings. The van der Waals surface area contributed by atoms with Crippen LogP contribution in [0.25, 0.3) is 0 Å². The number of benzene rings is 2. The van der Waals surface area contributed by atoms with Gasteiger partial charge in [0.2, 0.25) is 5.78 Å². The van der Waals surface area contributed by atoms with Crippen LogP contribution in [0.2, 0.25) is 0 Å². The van der Waals surface area contributed by atoms with E-state index in [2.05, 4.69) is 5.32 Å². The number of aryl methyl sites for hydroxylation is 1. The van der Waals surface area contributed by atoms with E-state index in [0.29, 0.717) is 5.56 Å². The molecule has 2 atom stereocenters. The van der Waals surface area contributed by atoms with E-state index < -0.39 is 24.1 Å². The maximum absolute atomic E-state index is 12.4. The van der Waals surface area contributed by atoms with Crippen molar-refractivity contribution in [2.24, 2.45) is 5.73 Å². The fraction of sp³-hybridized carbons (Fsp3) is 0.286. The molecule has 0 aliphatic carbocycles. The molecule has 0 unspecified atom stereocenters. The fourth-order valence-electron chi connectivity index (χ4n) is 2.71. The first kappa shape index (κ1) is 20.2. The molecule has 0 aliphatic rings. The third-order valence-corrected chi connectivity index (χ3v) is 4.21. The number of hydrogen-bond acceptors (Lipinski definition) is 4. The number of amides is 2. The summed E-state index contributed by atoms with van der Waals surface area (Å²) in [7, 11) is 0. The average molecular weight is 368 g/mol. The third kappa shape index (κ3) is 5.95. The van der Waals surface area contributed by atoms with Gasteiger partial charge in [0, 0.05) is 5.56 Å². The molecule has 3 N–H and O–H groups in total. The molecule has 0 bridgehead atoms. The second kappa shape index (κ2) is 9.52. The first-order chi connectivity index (χ1) is 12.9. The van der Waals surface area contributed by atoms with Gasteiger partial charge in [-0.3, -0.25) is 9.59 Å². The van der Waals surface area contributed by atoms with Crippen LogP contribution in [0.15, 0.2) is 54.6 Å². The highest BCUT2D eigenvalue weighted by Gasteiger charge is 2.23. The summed E-state index contributed by atoms with van der Waals surface area (Å²) >= 11 is 0. The van der Waals surface area contributed by atoms with Crippen LogP contribution >= 0.6 is 0 Å². The van der Waals surface area contributed by atoms with Crippen LogP contribution < -0.4 is 11.1 Å². The molecule has 2 amide bonds. The quantitative estimate of drug-likeness (QED) is 0.552. The molecule has 0 radical (unpaired) electrons. The molecular formula is C21H24N2O4. The Kier molecular flexibility index (Phi) is 7.11. The van der Waals surface area contributed by atoms with Crippen molar-refractivity contribution in [3.05, 3.63) is 71.3 Å². The molecule has 6 heteroatoms. The van der Waals surface area contributed by atoms with Crippen molar-refractivity contribution >= 4 is 17.8 Å². The highest BCUT2D eigenvalue weighted by molar-refractivity contribution is 6.00. The number of carbonyl (C=O) groups excluding carboxylic acids is 3. The highest BCUT2D eigenvalue weighted by Crippen LogP contribution is 2.18. The maximum atomic E-state index is 12.4. The van der Waals surface area contributed by atoms with E-state index in [9.17, 15) is 14.4 Å². The van der Waals surface area contributed by atoms with E-state index in [-0.39, 0.29) is 12.2 Å². The number of ketones is 1. The normalized spacial score (nSPS) is 12.7. The molecule has 0 fully saturated rings. The predicted octanol–water partition coefficient (Wildman–Crippen LogP) is 3.16.